The molecule has 0 heterocycles. The van der Waals surface area contributed by atoms with Crippen LogP contribution in [-0.2, 0) is 9.59 Å². The van der Waals surface area contributed by atoms with Gasteiger partial charge in [0.15, 0.2) is 0 Å². The minimum absolute atomic E-state index is 0.0500. The van der Waals surface area contributed by atoms with Gasteiger partial charge in [0.25, 0.3) is 0 Å². The Balaban J connectivity index is 4.26. The van der Waals surface area contributed by atoms with E-state index in [0.29, 0.717) is 11.1 Å². The third-order valence-corrected chi connectivity index (χ3v) is 4.08. The topological polar surface area (TPSA) is 58.2 Å². The minimum atomic E-state index is -0.0500. The summed E-state index contributed by atoms with van der Waals surface area (Å²) in [6.07, 6.45) is 8.12. The second kappa shape index (κ2) is 12.8. The maximum absolute atomic E-state index is 11.8. The highest BCUT2D eigenvalue weighted by Gasteiger charge is 2.14. The number of unbranched alkanes of at least 4 members (excludes halogenated alkanes) is 1. The van der Waals surface area contributed by atoms with Crippen molar-refractivity contribution in [1.29, 1.82) is 0 Å². The van der Waals surface area contributed by atoms with E-state index in [1.165, 1.54) is 0 Å². The predicted octanol–water partition coefficient (Wildman–Crippen LogP) is 4.27. The predicted molar refractivity (Wildman–Crippen MR) is 102 cm³/mol. The lowest BCUT2D eigenvalue weighted by atomic mass is 9.99. The Morgan fingerprint density at radius 2 is 1.08 bits per heavy atom. The normalized spacial score (nSPS) is 13.0. The van der Waals surface area contributed by atoms with Crippen LogP contribution >= 0.6 is 0 Å². The molecule has 0 saturated carbocycles. The zero-order chi connectivity index (χ0) is 18.5. The Kier molecular flexibility index (Phi) is 12.0. The van der Waals surface area contributed by atoms with Gasteiger partial charge in [-0.3, -0.25) is 9.59 Å². The van der Waals surface area contributed by atoms with Gasteiger partial charge >= 0.3 is 0 Å². The zero-order valence-corrected chi connectivity index (χ0v) is 16.0. The lowest BCUT2D eigenvalue weighted by Crippen LogP contribution is -2.36. The van der Waals surface area contributed by atoms with Crippen molar-refractivity contribution in [3.05, 3.63) is 24.3 Å². The molecule has 4 heteroatoms. The van der Waals surface area contributed by atoms with Gasteiger partial charge in [-0.1, -0.05) is 52.7 Å². The van der Waals surface area contributed by atoms with Crippen molar-refractivity contribution in [3.8, 4) is 0 Å². The molecule has 0 aromatic rings. The molecular formula is C20H36N2O2. The zero-order valence-electron chi connectivity index (χ0n) is 16.0. The quantitative estimate of drug-likeness (QED) is 0.390. The molecule has 0 rings (SSSR count). The smallest absolute Gasteiger partial charge is 0.246 e. The summed E-state index contributed by atoms with van der Waals surface area (Å²) in [5.41, 5.74) is 1.11. The van der Waals surface area contributed by atoms with E-state index in [-0.39, 0.29) is 23.9 Å². The van der Waals surface area contributed by atoms with Crippen LogP contribution < -0.4 is 10.6 Å². The molecule has 0 spiro atoms. The third-order valence-electron chi connectivity index (χ3n) is 4.08. The SMILES string of the molecule is C=C(C)C(=O)NC(CCC)CCCCC(CCC)NC(=O)C(=C)C. The largest absolute Gasteiger partial charge is 0.350 e. The van der Waals surface area contributed by atoms with E-state index in [1.54, 1.807) is 13.8 Å². The summed E-state index contributed by atoms with van der Waals surface area (Å²) in [6.45, 7) is 15.1. The van der Waals surface area contributed by atoms with Crippen LogP contribution in [0.3, 0.4) is 0 Å². The first-order valence-corrected chi connectivity index (χ1v) is 9.24. The highest BCUT2D eigenvalue weighted by Crippen LogP contribution is 2.13. The van der Waals surface area contributed by atoms with Crippen molar-refractivity contribution in [1.82, 2.24) is 10.6 Å². The summed E-state index contributed by atoms with van der Waals surface area (Å²) in [7, 11) is 0. The van der Waals surface area contributed by atoms with Crippen LogP contribution in [0.25, 0.3) is 0 Å². The Bertz CT molecular complexity index is 389. The second-order valence-electron chi connectivity index (χ2n) is 6.76. The van der Waals surface area contributed by atoms with E-state index in [9.17, 15) is 9.59 Å². The van der Waals surface area contributed by atoms with Crippen LogP contribution in [0.1, 0.15) is 79.1 Å². The number of carbonyl (C=O) groups is 2. The molecule has 0 aromatic carbocycles. The second-order valence-corrected chi connectivity index (χ2v) is 6.76. The fraction of sp³-hybridized carbons (Fsp3) is 0.700. The standard InChI is InChI=1S/C20H36N2O2/c1-7-11-17(21-19(23)15(3)4)13-9-10-14-18(12-8-2)22-20(24)16(5)6/h17-18H,3,5,7-14H2,1-2,4,6H3,(H,21,23)(H,22,24). The van der Waals surface area contributed by atoms with Crippen LogP contribution in [0.4, 0.5) is 0 Å². The fourth-order valence-corrected chi connectivity index (χ4v) is 2.67. The van der Waals surface area contributed by atoms with Crippen molar-refractivity contribution < 1.29 is 9.59 Å². The molecule has 0 radical (unpaired) electrons. The van der Waals surface area contributed by atoms with Crippen molar-refractivity contribution in [3.63, 3.8) is 0 Å². The summed E-state index contributed by atoms with van der Waals surface area (Å²) in [5.74, 6) is -0.0999. The molecule has 2 amide bonds. The van der Waals surface area contributed by atoms with Gasteiger partial charge in [-0.15, -0.1) is 0 Å². The maximum Gasteiger partial charge on any atom is 0.246 e. The van der Waals surface area contributed by atoms with Gasteiger partial charge in [0.2, 0.25) is 11.8 Å². The molecule has 4 nitrogen and oxygen atoms in total. The minimum Gasteiger partial charge on any atom is -0.350 e. The van der Waals surface area contributed by atoms with E-state index in [4.69, 9.17) is 0 Å². The Labute approximate surface area is 148 Å². The van der Waals surface area contributed by atoms with E-state index in [2.05, 4.69) is 37.6 Å². The molecular weight excluding hydrogens is 300 g/mol. The average Bonchev–Trinajstić information content (AvgIpc) is 2.51. The number of nitrogens with one attached hydrogen (secondary N) is 2. The van der Waals surface area contributed by atoms with Crippen molar-refractivity contribution in [2.24, 2.45) is 0 Å². The lowest BCUT2D eigenvalue weighted by Gasteiger charge is -2.20. The Morgan fingerprint density at radius 3 is 1.33 bits per heavy atom. The highest BCUT2D eigenvalue weighted by molar-refractivity contribution is 5.92. The number of carbonyl (C=O) groups excluding carboxylic acids is 2. The third kappa shape index (κ3) is 10.2. The summed E-state index contributed by atoms with van der Waals surface area (Å²) in [4.78, 5) is 23.5. The summed E-state index contributed by atoms with van der Waals surface area (Å²) < 4.78 is 0. The molecule has 0 fully saturated rings. The van der Waals surface area contributed by atoms with Crippen molar-refractivity contribution in [2.45, 2.75) is 91.1 Å². The van der Waals surface area contributed by atoms with E-state index < -0.39 is 0 Å². The Morgan fingerprint density at radius 1 is 0.750 bits per heavy atom. The molecule has 138 valence electrons. The molecule has 2 atom stereocenters. The summed E-state index contributed by atoms with van der Waals surface area (Å²) in [6, 6.07) is 0.433. The number of hydrogen-bond donors (Lipinski definition) is 2. The molecule has 0 saturated heterocycles. The van der Waals surface area contributed by atoms with Gasteiger partial charge in [-0.05, 0) is 39.5 Å². The fourth-order valence-electron chi connectivity index (χ4n) is 2.67. The van der Waals surface area contributed by atoms with Gasteiger partial charge in [-0.2, -0.15) is 0 Å². The number of amides is 2. The number of rotatable bonds is 13. The molecule has 0 aromatic heterocycles. The van der Waals surface area contributed by atoms with E-state index in [1.807, 2.05) is 0 Å². The number of hydrogen-bond acceptors (Lipinski definition) is 2. The monoisotopic (exact) mass is 336 g/mol. The molecule has 0 aliphatic heterocycles. The molecule has 0 bridgehead atoms. The summed E-state index contributed by atoms with van der Waals surface area (Å²) >= 11 is 0. The van der Waals surface area contributed by atoms with Gasteiger partial charge in [0.1, 0.15) is 0 Å². The van der Waals surface area contributed by atoms with Gasteiger partial charge in [0.05, 0.1) is 0 Å². The van der Waals surface area contributed by atoms with Crippen LogP contribution in [-0.4, -0.2) is 23.9 Å². The maximum atomic E-state index is 11.8. The molecule has 2 unspecified atom stereocenters. The molecule has 24 heavy (non-hydrogen) atoms. The average molecular weight is 337 g/mol. The highest BCUT2D eigenvalue weighted by atomic mass is 16.2. The van der Waals surface area contributed by atoms with E-state index >= 15 is 0 Å². The van der Waals surface area contributed by atoms with Crippen molar-refractivity contribution >= 4 is 11.8 Å². The van der Waals surface area contributed by atoms with Crippen LogP contribution in [0.2, 0.25) is 0 Å². The molecule has 0 aliphatic carbocycles. The van der Waals surface area contributed by atoms with Crippen molar-refractivity contribution in [2.75, 3.05) is 0 Å². The van der Waals surface area contributed by atoms with Crippen LogP contribution in [0, 0.1) is 0 Å². The van der Waals surface area contributed by atoms with Crippen LogP contribution in [0.15, 0.2) is 24.3 Å². The van der Waals surface area contributed by atoms with E-state index in [0.717, 1.165) is 51.4 Å². The first-order valence-electron chi connectivity index (χ1n) is 9.24. The Hall–Kier alpha value is -1.58. The first kappa shape index (κ1) is 22.4. The van der Waals surface area contributed by atoms with Gasteiger partial charge in [0, 0.05) is 23.2 Å². The molecule has 0 aliphatic rings. The summed E-state index contributed by atoms with van der Waals surface area (Å²) in [5, 5.41) is 6.12. The van der Waals surface area contributed by atoms with Crippen LogP contribution in [0.5, 0.6) is 0 Å². The molecule has 2 N–H and O–H groups in total. The first-order chi connectivity index (χ1) is 11.3. The van der Waals surface area contributed by atoms with Gasteiger partial charge in [-0.25, -0.2) is 0 Å². The van der Waals surface area contributed by atoms with Gasteiger partial charge < -0.3 is 10.6 Å². The lowest BCUT2D eigenvalue weighted by molar-refractivity contribution is -0.119.